The maximum Gasteiger partial charge on any atom is 0.306 e. The van der Waals surface area contributed by atoms with Gasteiger partial charge in [-0.25, -0.2) is 0 Å². The molecular formula is C14H24O3. The smallest absolute Gasteiger partial charge is 0.306 e. The third-order valence-electron chi connectivity index (χ3n) is 3.61. The summed E-state index contributed by atoms with van der Waals surface area (Å²) in [4.78, 5) is 11.2. The van der Waals surface area contributed by atoms with E-state index in [1.54, 1.807) is 0 Å². The molecule has 17 heavy (non-hydrogen) atoms. The van der Waals surface area contributed by atoms with Gasteiger partial charge < -0.3 is 9.84 Å². The molecule has 1 rings (SSSR count). The second-order valence-corrected chi connectivity index (χ2v) is 5.33. The van der Waals surface area contributed by atoms with Gasteiger partial charge in [-0.2, -0.15) is 0 Å². The van der Waals surface area contributed by atoms with Crippen LogP contribution < -0.4 is 0 Å². The maximum atomic E-state index is 11.2. The van der Waals surface area contributed by atoms with Crippen LogP contribution in [-0.2, 0) is 9.53 Å². The van der Waals surface area contributed by atoms with E-state index >= 15 is 0 Å². The summed E-state index contributed by atoms with van der Waals surface area (Å²) in [5, 5.41) is 9.32. The lowest BCUT2D eigenvalue weighted by atomic mass is 9.78. The van der Waals surface area contributed by atoms with Crippen LogP contribution in [0.15, 0.2) is 11.6 Å². The van der Waals surface area contributed by atoms with Crippen molar-refractivity contribution in [3.63, 3.8) is 0 Å². The number of aliphatic hydroxyl groups excluding tert-OH is 1. The maximum absolute atomic E-state index is 11.2. The van der Waals surface area contributed by atoms with Crippen molar-refractivity contribution in [2.75, 3.05) is 13.2 Å². The van der Waals surface area contributed by atoms with Gasteiger partial charge in [-0.3, -0.25) is 4.79 Å². The van der Waals surface area contributed by atoms with E-state index in [0.717, 1.165) is 12.8 Å². The lowest BCUT2D eigenvalue weighted by molar-refractivity contribution is -0.156. The Bertz CT molecular complexity index is 279. The predicted octanol–water partition coefficient (Wildman–Crippen LogP) is 2.54. The highest BCUT2D eigenvalue weighted by atomic mass is 16.5. The van der Waals surface area contributed by atoms with Crippen LogP contribution in [0.1, 0.15) is 40.0 Å². The van der Waals surface area contributed by atoms with Crippen molar-refractivity contribution in [3.05, 3.63) is 11.6 Å². The number of aliphatic hydroxyl groups is 1. The van der Waals surface area contributed by atoms with E-state index in [0.29, 0.717) is 24.9 Å². The summed E-state index contributed by atoms with van der Waals surface area (Å²) in [6.45, 7) is 6.95. The number of hydrogen-bond acceptors (Lipinski definition) is 3. The number of carbonyl (C=O) groups excluding carboxylic acids is 1. The first-order chi connectivity index (χ1) is 8.04. The predicted molar refractivity (Wildman–Crippen MR) is 67.5 cm³/mol. The molecule has 98 valence electrons. The van der Waals surface area contributed by atoms with Gasteiger partial charge in [0.2, 0.25) is 0 Å². The Morgan fingerprint density at radius 2 is 2.29 bits per heavy atom. The molecular weight excluding hydrogens is 216 g/mol. The minimum Gasteiger partial charge on any atom is -0.465 e. The van der Waals surface area contributed by atoms with Crippen LogP contribution >= 0.6 is 0 Å². The molecule has 3 atom stereocenters. The number of rotatable bonds is 5. The SMILES string of the molecule is CC(C)=CCC[C@H](C)[C@H]1COC(=O)C[C@@H]1CO. The topological polar surface area (TPSA) is 46.5 Å². The van der Waals surface area contributed by atoms with E-state index in [4.69, 9.17) is 4.74 Å². The Kier molecular flexibility index (Phi) is 5.69. The van der Waals surface area contributed by atoms with Gasteiger partial charge in [0.05, 0.1) is 13.0 Å². The zero-order valence-electron chi connectivity index (χ0n) is 11.1. The van der Waals surface area contributed by atoms with Crippen LogP contribution in [0.5, 0.6) is 0 Å². The van der Waals surface area contributed by atoms with Crippen molar-refractivity contribution >= 4 is 5.97 Å². The Morgan fingerprint density at radius 1 is 1.59 bits per heavy atom. The van der Waals surface area contributed by atoms with E-state index in [2.05, 4.69) is 26.8 Å². The van der Waals surface area contributed by atoms with Crippen LogP contribution in [0.3, 0.4) is 0 Å². The number of esters is 1. The highest BCUT2D eigenvalue weighted by molar-refractivity contribution is 5.70. The minimum absolute atomic E-state index is 0.0814. The van der Waals surface area contributed by atoms with Gasteiger partial charge in [-0.05, 0) is 38.5 Å². The molecule has 0 unspecified atom stereocenters. The highest BCUT2D eigenvalue weighted by Crippen LogP contribution is 2.31. The van der Waals surface area contributed by atoms with Crippen LogP contribution in [0.2, 0.25) is 0 Å². The number of carbonyl (C=O) groups is 1. The Labute approximate surface area is 104 Å². The zero-order chi connectivity index (χ0) is 12.8. The van der Waals surface area contributed by atoms with Gasteiger partial charge in [0.15, 0.2) is 0 Å². The lowest BCUT2D eigenvalue weighted by Crippen LogP contribution is -2.36. The first-order valence-corrected chi connectivity index (χ1v) is 6.44. The molecule has 0 aromatic carbocycles. The second kappa shape index (κ2) is 6.80. The first kappa shape index (κ1) is 14.2. The summed E-state index contributed by atoms with van der Waals surface area (Å²) in [5.74, 6) is 0.703. The van der Waals surface area contributed by atoms with E-state index in [9.17, 15) is 9.90 Å². The van der Waals surface area contributed by atoms with E-state index < -0.39 is 0 Å². The van der Waals surface area contributed by atoms with Gasteiger partial charge in [-0.15, -0.1) is 0 Å². The highest BCUT2D eigenvalue weighted by Gasteiger charge is 2.33. The van der Waals surface area contributed by atoms with Crippen LogP contribution in [-0.4, -0.2) is 24.3 Å². The number of allylic oxidation sites excluding steroid dienone is 2. The first-order valence-electron chi connectivity index (χ1n) is 6.44. The fraction of sp³-hybridized carbons (Fsp3) is 0.786. The minimum atomic E-state index is -0.170. The van der Waals surface area contributed by atoms with Gasteiger partial charge in [-0.1, -0.05) is 18.6 Å². The van der Waals surface area contributed by atoms with Crippen molar-refractivity contribution in [1.29, 1.82) is 0 Å². The summed E-state index contributed by atoms with van der Waals surface area (Å²) in [6, 6.07) is 0. The average Bonchev–Trinajstić information content (AvgIpc) is 2.28. The molecule has 0 aliphatic carbocycles. The monoisotopic (exact) mass is 240 g/mol. The molecule has 1 N–H and O–H groups in total. The molecule has 0 saturated carbocycles. The number of ether oxygens (including phenoxy) is 1. The largest absolute Gasteiger partial charge is 0.465 e. The molecule has 1 fully saturated rings. The number of cyclic esters (lactones) is 1. The van der Waals surface area contributed by atoms with Crippen molar-refractivity contribution in [1.82, 2.24) is 0 Å². The second-order valence-electron chi connectivity index (χ2n) is 5.33. The molecule has 0 aromatic rings. The lowest BCUT2D eigenvalue weighted by Gasteiger charge is -2.33. The molecule has 0 amide bonds. The van der Waals surface area contributed by atoms with Gasteiger partial charge in [0.1, 0.15) is 0 Å². The Hall–Kier alpha value is -0.830. The quantitative estimate of drug-likeness (QED) is 0.593. The van der Waals surface area contributed by atoms with Crippen LogP contribution in [0.4, 0.5) is 0 Å². The fourth-order valence-corrected chi connectivity index (χ4v) is 2.43. The van der Waals surface area contributed by atoms with Gasteiger partial charge >= 0.3 is 5.97 Å². The molecule has 1 aliphatic heterocycles. The summed E-state index contributed by atoms with van der Waals surface area (Å²) < 4.78 is 5.11. The summed E-state index contributed by atoms with van der Waals surface area (Å²) in [7, 11) is 0. The molecule has 1 heterocycles. The zero-order valence-corrected chi connectivity index (χ0v) is 11.1. The average molecular weight is 240 g/mol. The molecule has 3 heteroatoms. The van der Waals surface area contributed by atoms with Crippen molar-refractivity contribution in [2.45, 2.75) is 40.0 Å². The van der Waals surface area contributed by atoms with Crippen LogP contribution in [0.25, 0.3) is 0 Å². The molecule has 0 bridgehead atoms. The van der Waals surface area contributed by atoms with E-state index in [1.807, 2.05) is 0 Å². The summed E-state index contributed by atoms with van der Waals surface area (Å²) in [6.07, 6.45) is 4.75. The third kappa shape index (κ3) is 4.50. The van der Waals surface area contributed by atoms with Crippen LogP contribution in [0, 0.1) is 17.8 Å². The molecule has 0 spiro atoms. The molecule has 1 saturated heterocycles. The molecule has 0 aromatic heterocycles. The standard InChI is InChI=1S/C14H24O3/c1-10(2)5-4-6-11(3)13-9-17-14(16)7-12(13)8-15/h5,11-13,15H,4,6-9H2,1-3H3/t11-,12+,13+/m0/s1. The van der Waals surface area contributed by atoms with Gasteiger partial charge in [0.25, 0.3) is 0 Å². The molecule has 0 radical (unpaired) electrons. The van der Waals surface area contributed by atoms with Gasteiger partial charge in [0, 0.05) is 12.5 Å². The van der Waals surface area contributed by atoms with E-state index in [1.165, 1.54) is 5.57 Å². The van der Waals surface area contributed by atoms with Crippen molar-refractivity contribution in [2.24, 2.45) is 17.8 Å². The fourth-order valence-electron chi connectivity index (χ4n) is 2.43. The Balaban J connectivity index is 2.46. The van der Waals surface area contributed by atoms with Crippen molar-refractivity contribution in [3.8, 4) is 0 Å². The molecule has 3 nitrogen and oxygen atoms in total. The summed E-state index contributed by atoms with van der Waals surface area (Å²) >= 11 is 0. The van der Waals surface area contributed by atoms with Crippen molar-refractivity contribution < 1.29 is 14.6 Å². The number of hydrogen-bond donors (Lipinski definition) is 1. The third-order valence-corrected chi connectivity index (χ3v) is 3.61. The molecule has 1 aliphatic rings. The van der Waals surface area contributed by atoms with E-state index in [-0.39, 0.29) is 18.5 Å². The normalized spacial score (nSPS) is 26.2. The Morgan fingerprint density at radius 3 is 2.88 bits per heavy atom. The summed E-state index contributed by atoms with van der Waals surface area (Å²) in [5.41, 5.74) is 1.34.